The highest BCUT2D eigenvalue weighted by Gasteiger charge is 2.33. The maximum absolute atomic E-state index is 12.9. The molecule has 1 aromatic rings. The number of para-hydroxylation sites is 1. The Hall–Kier alpha value is -2.05. The maximum atomic E-state index is 12.9. The van der Waals surface area contributed by atoms with E-state index in [0.29, 0.717) is 0 Å². The van der Waals surface area contributed by atoms with E-state index in [4.69, 9.17) is 0 Å². The third-order valence-corrected chi connectivity index (χ3v) is 3.61. The summed E-state index contributed by atoms with van der Waals surface area (Å²) in [6.07, 6.45) is -3.86. The smallest absolute Gasteiger partial charge is 0.340 e. The lowest BCUT2D eigenvalue weighted by atomic mass is 10.1. The number of carbonyl (C=O) groups excluding carboxylic acids is 2. The molecule has 23 heavy (non-hydrogen) atoms. The van der Waals surface area contributed by atoms with E-state index >= 15 is 0 Å². The Morgan fingerprint density at radius 3 is 2.39 bits per heavy atom. The van der Waals surface area contributed by atoms with E-state index in [1.807, 2.05) is 13.8 Å². The van der Waals surface area contributed by atoms with Gasteiger partial charge in [-0.2, -0.15) is 13.2 Å². The fourth-order valence-electron chi connectivity index (χ4n) is 2.18. The molecule has 0 saturated heterocycles. The number of nitrogens with one attached hydrogen (secondary N) is 1. The molecule has 128 valence electrons. The van der Waals surface area contributed by atoms with Crippen molar-refractivity contribution in [1.29, 1.82) is 0 Å². The molecule has 1 rings (SSSR count). The molecular formula is C16H21F3N2O2. The average molecular weight is 330 g/mol. The first-order valence-electron chi connectivity index (χ1n) is 7.40. The lowest BCUT2D eigenvalue weighted by molar-refractivity contribution is -0.137. The number of anilines is 1. The molecule has 0 saturated carbocycles. The largest absolute Gasteiger partial charge is 0.418 e. The highest BCUT2D eigenvalue weighted by molar-refractivity contribution is 5.92. The summed E-state index contributed by atoms with van der Waals surface area (Å²) in [4.78, 5) is 25.0. The van der Waals surface area contributed by atoms with E-state index in [1.165, 1.54) is 30.0 Å². The Balaban J connectivity index is 2.73. The van der Waals surface area contributed by atoms with Crippen LogP contribution in [0.1, 0.15) is 39.2 Å². The Bertz CT molecular complexity index is 559. The Kier molecular flexibility index (Phi) is 6.60. The summed E-state index contributed by atoms with van der Waals surface area (Å²) in [6.45, 7) is 5.35. The zero-order valence-corrected chi connectivity index (χ0v) is 13.4. The fourth-order valence-corrected chi connectivity index (χ4v) is 2.18. The Labute approximate surface area is 133 Å². The number of amides is 2. The summed E-state index contributed by atoms with van der Waals surface area (Å²) in [5.74, 6) is -0.723. The molecule has 0 heterocycles. The monoisotopic (exact) mass is 330 g/mol. The van der Waals surface area contributed by atoms with Crippen LogP contribution >= 0.6 is 0 Å². The molecule has 2 amide bonds. The summed E-state index contributed by atoms with van der Waals surface area (Å²) < 4.78 is 38.6. The summed E-state index contributed by atoms with van der Waals surface area (Å²) in [7, 11) is 0. The average Bonchev–Trinajstić information content (AvgIpc) is 2.46. The van der Waals surface area contributed by atoms with Gasteiger partial charge in [-0.25, -0.2) is 0 Å². The molecule has 0 spiro atoms. The number of carbonyl (C=O) groups is 2. The number of rotatable bonds is 6. The second-order valence-corrected chi connectivity index (χ2v) is 5.31. The molecule has 0 aromatic heterocycles. The third-order valence-electron chi connectivity index (χ3n) is 3.61. The van der Waals surface area contributed by atoms with Crippen molar-refractivity contribution in [3.63, 3.8) is 0 Å². The normalized spacial score (nSPS) is 12.6. The van der Waals surface area contributed by atoms with E-state index in [2.05, 4.69) is 5.32 Å². The Morgan fingerprint density at radius 2 is 1.87 bits per heavy atom. The minimum atomic E-state index is -4.54. The van der Waals surface area contributed by atoms with Crippen molar-refractivity contribution in [1.82, 2.24) is 4.90 Å². The van der Waals surface area contributed by atoms with Gasteiger partial charge in [-0.1, -0.05) is 19.1 Å². The molecule has 0 aliphatic carbocycles. The quantitative estimate of drug-likeness (QED) is 0.865. The topological polar surface area (TPSA) is 49.4 Å². The molecule has 1 N–H and O–H groups in total. The molecule has 1 atom stereocenters. The van der Waals surface area contributed by atoms with Crippen LogP contribution in [0.4, 0.5) is 18.9 Å². The number of hydrogen-bond acceptors (Lipinski definition) is 2. The number of nitrogens with zero attached hydrogens (tertiary/aromatic N) is 1. The first-order chi connectivity index (χ1) is 10.7. The molecule has 4 nitrogen and oxygen atoms in total. The van der Waals surface area contributed by atoms with Gasteiger partial charge in [0.15, 0.2) is 0 Å². The summed E-state index contributed by atoms with van der Waals surface area (Å²) in [6, 6.07) is 4.78. The molecule has 1 aromatic carbocycles. The second-order valence-electron chi connectivity index (χ2n) is 5.31. The van der Waals surface area contributed by atoms with Gasteiger partial charge < -0.3 is 10.2 Å². The van der Waals surface area contributed by atoms with Gasteiger partial charge in [-0.15, -0.1) is 0 Å². The van der Waals surface area contributed by atoms with Crippen molar-refractivity contribution >= 4 is 17.5 Å². The van der Waals surface area contributed by atoms with E-state index in [0.717, 1.165) is 12.5 Å². The van der Waals surface area contributed by atoms with Gasteiger partial charge in [0.1, 0.15) is 0 Å². The van der Waals surface area contributed by atoms with Crippen LogP contribution in [0.2, 0.25) is 0 Å². The van der Waals surface area contributed by atoms with Gasteiger partial charge in [-0.05, 0) is 25.5 Å². The number of benzene rings is 1. The molecule has 0 radical (unpaired) electrons. The summed E-state index contributed by atoms with van der Waals surface area (Å²) in [5.41, 5.74) is -1.17. The number of halogens is 3. The van der Waals surface area contributed by atoms with Gasteiger partial charge in [0, 0.05) is 25.9 Å². The van der Waals surface area contributed by atoms with Crippen molar-refractivity contribution in [3.8, 4) is 0 Å². The lowest BCUT2D eigenvalue weighted by Gasteiger charge is -2.27. The van der Waals surface area contributed by atoms with Crippen molar-refractivity contribution in [2.75, 3.05) is 11.9 Å². The predicted molar refractivity (Wildman–Crippen MR) is 81.8 cm³/mol. The standard InChI is InChI=1S/C16H21F3N2O2/c1-4-11(2)21(12(3)22)10-9-15(23)20-14-8-6-5-7-13(14)16(17,18)19/h5-8,11H,4,9-10H2,1-3H3,(H,20,23). The summed E-state index contributed by atoms with van der Waals surface area (Å²) in [5, 5.41) is 2.27. The Morgan fingerprint density at radius 1 is 1.26 bits per heavy atom. The SMILES string of the molecule is CCC(C)N(CCC(=O)Nc1ccccc1C(F)(F)F)C(C)=O. The van der Waals surface area contributed by atoms with Gasteiger partial charge in [0.2, 0.25) is 11.8 Å². The predicted octanol–water partition coefficient (Wildman–Crippen LogP) is 3.68. The van der Waals surface area contributed by atoms with E-state index in [1.54, 1.807) is 0 Å². The highest BCUT2D eigenvalue weighted by Crippen LogP contribution is 2.34. The molecule has 7 heteroatoms. The minimum Gasteiger partial charge on any atom is -0.340 e. The van der Waals surface area contributed by atoms with Crippen LogP contribution in [-0.2, 0) is 15.8 Å². The van der Waals surface area contributed by atoms with Crippen LogP contribution in [-0.4, -0.2) is 29.3 Å². The molecular weight excluding hydrogens is 309 g/mol. The number of alkyl halides is 3. The molecule has 0 fully saturated rings. The molecule has 0 aliphatic heterocycles. The molecule has 0 aliphatic rings. The first kappa shape index (κ1) is 19.0. The van der Waals surface area contributed by atoms with Crippen LogP contribution < -0.4 is 5.32 Å². The first-order valence-corrected chi connectivity index (χ1v) is 7.40. The van der Waals surface area contributed by atoms with Gasteiger partial charge in [-0.3, -0.25) is 9.59 Å². The van der Waals surface area contributed by atoms with Gasteiger partial charge >= 0.3 is 6.18 Å². The van der Waals surface area contributed by atoms with Crippen molar-refractivity contribution in [2.24, 2.45) is 0 Å². The maximum Gasteiger partial charge on any atom is 0.418 e. The second kappa shape index (κ2) is 7.99. The zero-order valence-electron chi connectivity index (χ0n) is 13.4. The number of hydrogen-bond donors (Lipinski definition) is 1. The zero-order chi connectivity index (χ0) is 17.6. The highest BCUT2D eigenvalue weighted by atomic mass is 19.4. The van der Waals surface area contributed by atoms with Crippen molar-refractivity contribution in [2.45, 2.75) is 45.8 Å². The van der Waals surface area contributed by atoms with Gasteiger partial charge in [0.05, 0.1) is 11.3 Å². The van der Waals surface area contributed by atoms with Crippen LogP contribution in [0.3, 0.4) is 0 Å². The van der Waals surface area contributed by atoms with Crippen LogP contribution in [0.5, 0.6) is 0 Å². The third kappa shape index (κ3) is 5.58. The fraction of sp³-hybridized carbons (Fsp3) is 0.500. The van der Waals surface area contributed by atoms with Crippen molar-refractivity contribution < 1.29 is 22.8 Å². The van der Waals surface area contributed by atoms with Gasteiger partial charge in [0.25, 0.3) is 0 Å². The molecule has 1 unspecified atom stereocenters. The van der Waals surface area contributed by atoms with E-state index < -0.39 is 17.6 Å². The van der Waals surface area contributed by atoms with Crippen molar-refractivity contribution in [3.05, 3.63) is 29.8 Å². The molecule has 0 bridgehead atoms. The summed E-state index contributed by atoms with van der Waals surface area (Å²) >= 11 is 0. The van der Waals surface area contributed by atoms with Crippen LogP contribution in [0.15, 0.2) is 24.3 Å². The van der Waals surface area contributed by atoms with Crippen LogP contribution in [0.25, 0.3) is 0 Å². The lowest BCUT2D eigenvalue weighted by Crippen LogP contribution is -2.38. The minimum absolute atomic E-state index is 0.0252. The van der Waals surface area contributed by atoms with Crippen LogP contribution in [0, 0.1) is 0 Å². The van der Waals surface area contributed by atoms with E-state index in [-0.39, 0.29) is 30.6 Å². The van der Waals surface area contributed by atoms with E-state index in [9.17, 15) is 22.8 Å².